The molecule has 0 radical (unpaired) electrons. The Hall–Kier alpha value is -6.56. The van der Waals surface area contributed by atoms with E-state index in [4.69, 9.17) is 9.73 Å². The fourth-order valence-corrected chi connectivity index (χ4v) is 10.9. The molecule has 2 aliphatic rings. The van der Waals surface area contributed by atoms with E-state index >= 15 is 0 Å². The van der Waals surface area contributed by atoms with Crippen LogP contribution in [0.2, 0.25) is 0 Å². The van der Waals surface area contributed by atoms with Crippen LogP contribution in [0.5, 0.6) is 5.75 Å². The molecule has 3 aromatic heterocycles. The maximum atomic E-state index is 14.3. The lowest BCUT2D eigenvalue weighted by Gasteiger charge is -2.35. The molecule has 0 saturated carbocycles. The van der Waals surface area contributed by atoms with Gasteiger partial charge in [-0.05, 0) is 92.5 Å². The van der Waals surface area contributed by atoms with Gasteiger partial charge in [-0.2, -0.15) is 0 Å². The van der Waals surface area contributed by atoms with Gasteiger partial charge in [0.2, 0.25) is 11.8 Å². The van der Waals surface area contributed by atoms with E-state index in [-0.39, 0.29) is 37.9 Å². The molecule has 4 N–H and O–H groups in total. The maximum absolute atomic E-state index is 14.3. The smallest absolute Gasteiger partial charge is 0.306 e. The molecule has 354 valence electrons. The molecule has 0 unspecified atom stereocenters. The van der Waals surface area contributed by atoms with Crippen molar-refractivity contribution in [2.24, 2.45) is 10.4 Å². The van der Waals surface area contributed by atoms with Gasteiger partial charge in [0.05, 0.1) is 40.4 Å². The van der Waals surface area contributed by atoms with Crippen molar-refractivity contribution < 1.29 is 34.1 Å². The number of nitrogens with zero attached hydrogens (tertiary/aromatic N) is 6. The summed E-state index contributed by atoms with van der Waals surface area (Å²) in [6.07, 6.45) is -1.05. The number of likely N-dealkylation sites (tertiary alicyclic amines) is 1. The van der Waals surface area contributed by atoms with Gasteiger partial charge in [-0.3, -0.25) is 28.7 Å². The quantitative estimate of drug-likeness (QED) is 0.0886. The van der Waals surface area contributed by atoms with Crippen molar-refractivity contribution in [1.29, 1.82) is 0 Å². The number of ether oxygens (including phenoxy) is 1. The second kappa shape index (κ2) is 19.2. The normalized spacial score (nSPS) is 17.6. The first-order chi connectivity index (χ1) is 32.3. The highest BCUT2D eigenvalue weighted by Gasteiger charge is 2.45. The van der Waals surface area contributed by atoms with Crippen LogP contribution < -0.4 is 15.4 Å². The number of carbonyl (C=O) groups is 4. The molecule has 1 saturated heterocycles. The maximum Gasteiger partial charge on any atom is 0.306 e. The molecule has 0 aliphatic carbocycles. The number of rotatable bonds is 13. The summed E-state index contributed by atoms with van der Waals surface area (Å²) in [6.45, 7) is 16.9. The van der Waals surface area contributed by atoms with Gasteiger partial charge in [-0.15, -0.1) is 32.9 Å². The molecule has 6 aromatic rings. The number of carboxylic acids is 1. The molecule has 17 heteroatoms. The zero-order valence-corrected chi connectivity index (χ0v) is 41.2. The number of fused-ring (bicyclic) bond motifs is 3. The molecule has 8 rings (SSSR count). The van der Waals surface area contributed by atoms with Crippen molar-refractivity contribution in [3.05, 3.63) is 122 Å². The topological polar surface area (TPSA) is 201 Å². The molecule has 3 amide bonds. The Morgan fingerprint density at radius 3 is 2.25 bits per heavy atom. The number of hydrogen-bond acceptors (Lipinski definition) is 12. The zero-order chi connectivity index (χ0) is 48.8. The van der Waals surface area contributed by atoms with E-state index in [1.165, 1.54) is 4.90 Å². The van der Waals surface area contributed by atoms with Gasteiger partial charge in [0.1, 0.15) is 34.7 Å². The largest absolute Gasteiger partial charge is 0.484 e. The van der Waals surface area contributed by atoms with Crippen LogP contribution >= 0.6 is 22.7 Å². The molecule has 5 atom stereocenters. The summed E-state index contributed by atoms with van der Waals surface area (Å²) in [5.74, 6) is -0.698. The van der Waals surface area contributed by atoms with Crippen molar-refractivity contribution in [3.63, 3.8) is 0 Å². The van der Waals surface area contributed by atoms with Gasteiger partial charge in [0.15, 0.2) is 12.4 Å². The van der Waals surface area contributed by atoms with Crippen LogP contribution in [-0.4, -0.2) is 95.6 Å². The summed E-state index contributed by atoms with van der Waals surface area (Å²) in [5, 5.41) is 36.0. The molecule has 1 fully saturated rings. The highest BCUT2D eigenvalue weighted by atomic mass is 32.1. The third-order valence-electron chi connectivity index (χ3n) is 12.7. The number of carbonyl (C=O) groups excluding carboxylic acids is 3. The highest BCUT2D eigenvalue weighted by molar-refractivity contribution is 7.15. The lowest BCUT2D eigenvalue weighted by Crippen LogP contribution is -2.58. The van der Waals surface area contributed by atoms with Gasteiger partial charge in [0, 0.05) is 29.0 Å². The summed E-state index contributed by atoms with van der Waals surface area (Å²) < 4.78 is 7.90. The Morgan fingerprint density at radius 2 is 1.60 bits per heavy atom. The van der Waals surface area contributed by atoms with Crippen LogP contribution in [0, 0.1) is 40.0 Å². The number of aliphatic hydroxyl groups is 1. The molecule has 68 heavy (non-hydrogen) atoms. The Kier molecular flexibility index (Phi) is 13.5. The minimum atomic E-state index is -1.01. The fourth-order valence-electron chi connectivity index (χ4n) is 8.91. The molecule has 3 aromatic carbocycles. The number of aromatic nitrogens is 4. The number of aryl methyl sites for hydroxylation is 4. The van der Waals surface area contributed by atoms with E-state index in [9.17, 15) is 29.4 Å². The molecule has 0 bridgehead atoms. The third kappa shape index (κ3) is 9.73. The van der Waals surface area contributed by atoms with Crippen LogP contribution in [0.15, 0.2) is 77.2 Å². The van der Waals surface area contributed by atoms with Crippen LogP contribution in [0.1, 0.15) is 103 Å². The number of aliphatic hydroxyl groups excluding tert-OH is 1. The minimum Gasteiger partial charge on any atom is -0.484 e. The number of benzene rings is 3. The summed E-state index contributed by atoms with van der Waals surface area (Å²) in [5.41, 5.74) is 10.3. The number of β-amino-alcohol motifs (C(OH)–C–C–N with tert-alkyl or cyclic N) is 1. The number of amides is 3. The number of aliphatic carboxylic acids is 1. The number of carboxylic acid groups (broad SMARTS) is 1. The summed E-state index contributed by atoms with van der Waals surface area (Å²) in [6, 6.07) is 18.4. The second-order valence-electron chi connectivity index (χ2n) is 18.7. The molecular formula is C51H56N8O7S2. The molecule has 2 aliphatic heterocycles. The Bertz CT molecular complexity index is 2930. The minimum absolute atomic E-state index is 0.0389. The van der Waals surface area contributed by atoms with Gasteiger partial charge in [0.25, 0.3) is 5.91 Å². The monoisotopic (exact) mass is 956 g/mol. The van der Waals surface area contributed by atoms with Crippen molar-refractivity contribution in [3.8, 4) is 32.3 Å². The molecule has 15 nitrogen and oxygen atoms in total. The third-order valence-corrected chi connectivity index (χ3v) is 14.9. The fraction of sp³-hybridized carbons (Fsp3) is 0.373. The van der Waals surface area contributed by atoms with Gasteiger partial charge in [-0.25, -0.2) is 4.98 Å². The first-order valence-electron chi connectivity index (χ1n) is 22.5. The van der Waals surface area contributed by atoms with E-state index in [2.05, 4.69) is 39.7 Å². The SMILES string of the molecule is Cc1cc(OCC(=O)N[C@H](C(=O)N2C[C@H](O)C[C@H]2C(=O)N[C@@H](C)c2ccc(-c3scnc3C)cc2)C(C)(C)C)ccc1-c1ccc(C2=N[C@@H](CC(=O)O)c3nnc(C)n3-c3sc(C)c(C)c32)cc1. The average Bonchev–Trinajstić information content (AvgIpc) is 4.06. The Balaban J connectivity index is 0.917. The lowest BCUT2D eigenvalue weighted by atomic mass is 9.85. The Labute approximate surface area is 403 Å². The van der Waals surface area contributed by atoms with Crippen LogP contribution in [0.3, 0.4) is 0 Å². The number of hydrogen-bond donors (Lipinski definition) is 4. The van der Waals surface area contributed by atoms with E-state index in [0.717, 1.165) is 65.0 Å². The van der Waals surface area contributed by atoms with Gasteiger partial charge in [-0.1, -0.05) is 75.4 Å². The summed E-state index contributed by atoms with van der Waals surface area (Å²) >= 11 is 3.18. The van der Waals surface area contributed by atoms with E-state index in [1.54, 1.807) is 28.7 Å². The van der Waals surface area contributed by atoms with Crippen molar-refractivity contribution >= 4 is 52.1 Å². The molecule has 5 heterocycles. The predicted octanol–water partition coefficient (Wildman–Crippen LogP) is 7.78. The van der Waals surface area contributed by atoms with Gasteiger partial charge < -0.3 is 30.5 Å². The number of thiophene rings is 1. The Morgan fingerprint density at radius 1 is 0.912 bits per heavy atom. The van der Waals surface area contributed by atoms with Crippen molar-refractivity contribution in [1.82, 2.24) is 35.3 Å². The van der Waals surface area contributed by atoms with Crippen LogP contribution in [0.4, 0.5) is 0 Å². The second-order valence-corrected chi connectivity index (χ2v) is 20.8. The number of nitrogens with one attached hydrogen (secondary N) is 2. The average molecular weight is 957 g/mol. The van der Waals surface area contributed by atoms with E-state index < -0.39 is 47.4 Å². The van der Waals surface area contributed by atoms with Crippen LogP contribution in [0.25, 0.3) is 26.6 Å². The van der Waals surface area contributed by atoms with Crippen molar-refractivity contribution in [2.75, 3.05) is 13.2 Å². The molecular weight excluding hydrogens is 901 g/mol. The molecule has 0 spiro atoms. The zero-order valence-electron chi connectivity index (χ0n) is 39.6. The van der Waals surface area contributed by atoms with Crippen LogP contribution in [-0.2, 0) is 19.2 Å². The van der Waals surface area contributed by atoms with Gasteiger partial charge >= 0.3 is 5.97 Å². The highest BCUT2D eigenvalue weighted by Crippen LogP contribution is 2.40. The van der Waals surface area contributed by atoms with E-state index in [0.29, 0.717) is 23.1 Å². The lowest BCUT2D eigenvalue weighted by molar-refractivity contribution is -0.144. The number of thiazole rings is 1. The van der Waals surface area contributed by atoms with E-state index in [1.807, 2.05) is 119 Å². The standard InChI is InChI=1S/C51H56N8O7S2/c1-26-20-37(18-19-38(26)33-12-14-34(15-13-33)44-43-27(2)30(5)68-50(43)59-31(6)56-57-47(59)39(54-44)22-42(62)63)66-24-41(61)55-46(51(7,8)9)49(65)58-23-36(60)21-40(58)48(64)53-28(3)32-10-16-35(17-11-32)45-29(4)52-25-67-45/h10-20,25,28,36,39-40,46,60H,21-24H2,1-9H3,(H,53,64)(H,55,61)(H,62,63)/t28-,36+,39-,40-,46+/m0/s1. The summed E-state index contributed by atoms with van der Waals surface area (Å²) in [4.78, 5) is 66.5. The first kappa shape index (κ1) is 47.9. The number of aliphatic imine (C=N–C) groups is 1. The summed E-state index contributed by atoms with van der Waals surface area (Å²) in [7, 11) is 0. The predicted molar refractivity (Wildman–Crippen MR) is 263 cm³/mol. The van der Waals surface area contributed by atoms with Crippen molar-refractivity contribution in [2.45, 2.75) is 105 Å². The first-order valence-corrected chi connectivity index (χ1v) is 24.2.